The molecule has 2 heterocycles. The Morgan fingerprint density at radius 2 is 1.72 bits per heavy atom. The van der Waals surface area contributed by atoms with Crippen LogP contribution in [0.5, 0.6) is 0 Å². The van der Waals surface area contributed by atoms with Crippen LogP contribution < -0.4 is 4.90 Å². The van der Waals surface area contributed by atoms with Gasteiger partial charge in [-0.05, 0) is 11.8 Å². The van der Waals surface area contributed by atoms with E-state index >= 15 is 0 Å². The van der Waals surface area contributed by atoms with Crippen molar-refractivity contribution in [1.82, 2.24) is 9.97 Å². The van der Waals surface area contributed by atoms with Crippen LogP contribution in [0.1, 0.15) is 40.4 Å². The zero-order valence-electron chi connectivity index (χ0n) is 11.9. The van der Waals surface area contributed by atoms with Gasteiger partial charge < -0.3 is 4.90 Å². The average molecular weight is 268 g/mol. The molecule has 0 aromatic carbocycles. The van der Waals surface area contributed by atoms with E-state index in [0.717, 1.165) is 24.7 Å². The van der Waals surface area contributed by atoms with Crippen LogP contribution in [-0.4, -0.2) is 23.1 Å². The van der Waals surface area contributed by atoms with Crippen LogP contribution in [0.2, 0.25) is 5.15 Å². The van der Waals surface area contributed by atoms with Crippen LogP contribution in [-0.2, 0) is 5.41 Å². The Bertz CT molecular complexity index is 429. The summed E-state index contributed by atoms with van der Waals surface area (Å²) in [5.74, 6) is 3.20. The van der Waals surface area contributed by atoms with Gasteiger partial charge in [-0.3, -0.25) is 0 Å². The Balaban J connectivity index is 2.32. The van der Waals surface area contributed by atoms with Crippen LogP contribution in [0.25, 0.3) is 0 Å². The Morgan fingerprint density at radius 3 is 2.22 bits per heavy atom. The quantitative estimate of drug-likeness (QED) is 0.729. The fourth-order valence-corrected chi connectivity index (χ4v) is 2.40. The highest BCUT2D eigenvalue weighted by atomic mass is 35.5. The van der Waals surface area contributed by atoms with E-state index in [4.69, 9.17) is 11.6 Å². The van der Waals surface area contributed by atoms with Gasteiger partial charge in [0.1, 0.15) is 16.8 Å². The molecule has 0 aliphatic carbocycles. The van der Waals surface area contributed by atoms with Gasteiger partial charge in [0.25, 0.3) is 0 Å². The maximum atomic E-state index is 6.13. The predicted molar refractivity (Wildman–Crippen MR) is 76.3 cm³/mol. The van der Waals surface area contributed by atoms with Gasteiger partial charge in [0.05, 0.1) is 0 Å². The fourth-order valence-electron chi connectivity index (χ4n) is 2.22. The van der Waals surface area contributed by atoms with Crippen LogP contribution in [0.4, 0.5) is 5.82 Å². The zero-order chi connectivity index (χ0) is 13.5. The lowest BCUT2D eigenvalue weighted by Gasteiger charge is -2.22. The molecule has 0 spiro atoms. The Kier molecular flexibility index (Phi) is 3.54. The molecule has 0 N–H and O–H groups in total. The molecule has 1 aliphatic heterocycles. The lowest BCUT2D eigenvalue weighted by Crippen LogP contribution is -2.24. The second kappa shape index (κ2) is 4.69. The highest BCUT2D eigenvalue weighted by molar-refractivity contribution is 6.29. The molecule has 1 fully saturated rings. The van der Waals surface area contributed by atoms with Gasteiger partial charge in [-0.25, -0.2) is 9.97 Å². The van der Waals surface area contributed by atoms with Gasteiger partial charge in [-0.15, -0.1) is 0 Å². The first-order chi connectivity index (χ1) is 8.27. The first kappa shape index (κ1) is 13.6. The van der Waals surface area contributed by atoms with E-state index in [1.807, 2.05) is 6.07 Å². The van der Waals surface area contributed by atoms with E-state index in [0.29, 0.717) is 17.0 Å². The molecule has 1 aromatic heterocycles. The molecule has 0 amide bonds. The Labute approximate surface area is 115 Å². The number of aromatic nitrogens is 2. The van der Waals surface area contributed by atoms with Gasteiger partial charge in [0.15, 0.2) is 0 Å². The summed E-state index contributed by atoms with van der Waals surface area (Å²) in [6.07, 6.45) is 0. The molecule has 2 atom stereocenters. The molecule has 0 radical (unpaired) electrons. The third-order valence-corrected chi connectivity index (χ3v) is 3.86. The maximum absolute atomic E-state index is 6.13. The van der Waals surface area contributed by atoms with Crippen LogP contribution >= 0.6 is 11.6 Å². The van der Waals surface area contributed by atoms with Gasteiger partial charge >= 0.3 is 0 Å². The molecule has 0 bridgehead atoms. The minimum atomic E-state index is -0.0728. The van der Waals surface area contributed by atoms with Crippen molar-refractivity contribution < 1.29 is 0 Å². The van der Waals surface area contributed by atoms with Crippen molar-refractivity contribution in [2.75, 3.05) is 18.0 Å². The van der Waals surface area contributed by atoms with Crippen molar-refractivity contribution in [2.24, 2.45) is 11.8 Å². The maximum Gasteiger partial charge on any atom is 0.137 e. The lowest BCUT2D eigenvalue weighted by atomic mass is 9.96. The minimum Gasteiger partial charge on any atom is -0.356 e. The van der Waals surface area contributed by atoms with Crippen molar-refractivity contribution in [2.45, 2.75) is 40.0 Å². The fraction of sp³-hybridized carbons (Fsp3) is 0.714. The number of nitrogens with zero attached hydrogens (tertiary/aromatic N) is 3. The Hall–Kier alpha value is -0.830. The molecular weight excluding hydrogens is 246 g/mol. The van der Waals surface area contributed by atoms with Gasteiger partial charge in [-0.1, -0.05) is 46.2 Å². The van der Waals surface area contributed by atoms with E-state index in [2.05, 4.69) is 49.5 Å². The summed E-state index contributed by atoms with van der Waals surface area (Å²) in [6.45, 7) is 13.0. The molecule has 1 aliphatic rings. The van der Waals surface area contributed by atoms with Crippen LogP contribution in [0.3, 0.4) is 0 Å². The minimum absolute atomic E-state index is 0.0728. The van der Waals surface area contributed by atoms with Crippen LogP contribution in [0, 0.1) is 11.8 Å². The second-order valence-electron chi connectivity index (χ2n) is 6.48. The zero-order valence-corrected chi connectivity index (χ0v) is 12.6. The van der Waals surface area contributed by atoms with Gasteiger partial charge in [-0.2, -0.15) is 0 Å². The lowest BCUT2D eigenvalue weighted by molar-refractivity contribution is 0.494. The van der Waals surface area contributed by atoms with E-state index in [-0.39, 0.29) is 5.41 Å². The summed E-state index contributed by atoms with van der Waals surface area (Å²) in [7, 11) is 0. The molecule has 1 aromatic rings. The third kappa shape index (κ3) is 2.77. The van der Waals surface area contributed by atoms with Gasteiger partial charge in [0, 0.05) is 24.6 Å². The standard InChI is InChI=1S/C14H22ClN3/c1-9-7-18(8-10(9)2)12-6-11(15)16-13(17-12)14(3,4)5/h6,9-10H,7-8H2,1-5H3. The number of rotatable bonds is 1. The summed E-state index contributed by atoms with van der Waals surface area (Å²) >= 11 is 6.13. The predicted octanol–water partition coefficient (Wildman–Crippen LogP) is 3.52. The van der Waals surface area contributed by atoms with Gasteiger partial charge in [0.2, 0.25) is 0 Å². The van der Waals surface area contributed by atoms with Crippen molar-refractivity contribution in [3.63, 3.8) is 0 Å². The normalized spacial score (nSPS) is 24.7. The van der Waals surface area contributed by atoms with Crippen molar-refractivity contribution in [1.29, 1.82) is 0 Å². The molecular formula is C14H22ClN3. The smallest absolute Gasteiger partial charge is 0.137 e. The number of hydrogen-bond donors (Lipinski definition) is 0. The number of anilines is 1. The summed E-state index contributed by atoms with van der Waals surface area (Å²) < 4.78 is 0. The van der Waals surface area contributed by atoms with E-state index in [1.54, 1.807) is 0 Å². The summed E-state index contributed by atoms with van der Waals surface area (Å²) in [6, 6.07) is 1.88. The van der Waals surface area contributed by atoms with E-state index < -0.39 is 0 Å². The largest absolute Gasteiger partial charge is 0.356 e. The number of hydrogen-bond acceptors (Lipinski definition) is 3. The molecule has 2 unspecified atom stereocenters. The molecule has 1 saturated heterocycles. The first-order valence-electron chi connectivity index (χ1n) is 6.57. The highest BCUT2D eigenvalue weighted by Gasteiger charge is 2.28. The van der Waals surface area contributed by atoms with E-state index in [9.17, 15) is 0 Å². The second-order valence-corrected chi connectivity index (χ2v) is 6.87. The highest BCUT2D eigenvalue weighted by Crippen LogP contribution is 2.29. The monoisotopic (exact) mass is 267 g/mol. The molecule has 0 saturated carbocycles. The molecule has 4 heteroatoms. The van der Waals surface area contributed by atoms with Crippen molar-refractivity contribution in [3.05, 3.63) is 17.0 Å². The van der Waals surface area contributed by atoms with E-state index in [1.165, 1.54) is 0 Å². The van der Waals surface area contributed by atoms with Crippen molar-refractivity contribution in [3.8, 4) is 0 Å². The topological polar surface area (TPSA) is 29.0 Å². The average Bonchev–Trinajstić information content (AvgIpc) is 2.57. The van der Waals surface area contributed by atoms with Crippen molar-refractivity contribution >= 4 is 17.4 Å². The molecule has 18 heavy (non-hydrogen) atoms. The molecule has 2 rings (SSSR count). The molecule has 3 nitrogen and oxygen atoms in total. The molecule has 100 valence electrons. The Morgan fingerprint density at radius 1 is 1.17 bits per heavy atom. The number of halogens is 1. The first-order valence-corrected chi connectivity index (χ1v) is 6.95. The SMILES string of the molecule is CC1CN(c2cc(Cl)nc(C(C)(C)C)n2)CC1C. The summed E-state index contributed by atoms with van der Waals surface area (Å²) in [4.78, 5) is 11.3. The summed E-state index contributed by atoms with van der Waals surface area (Å²) in [5.41, 5.74) is -0.0728. The van der Waals surface area contributed by atoms with Crippen LogP contribution in [0.15, 0.2) is 6.07 Å². The third-order valence-electron chi connectivity index (χ3n) is 3.66. The summed E-state index contributed by atoms with van der Waals surface area (Å²) in [5, 5.41) is 0.539.